The Bertz CT molecular complexity index is 354. The fraction of sp³-hybridized carbons (Fsp3) is 0.857. The summed E-state index contributed by atoms with van der Waals surface area (Å²) in [7, 11) is 0. The van der Waals surface area contributed by atoms with Gasteiger partial charge < -0.3 is 9.84 Å². The van der Waals surface area contributed by atoms with Crippen LogP contribution in [0.4, 0.5) is 0 Å². The first-order chi connectivity index (χ1) is 9.93. The van der Waals surface area contributed by atoms with Crippen molar-refractivity contribution in [2.24, 2.45) is 0 Å². The van der Waals surface area contributed by atoms with E-state index in [2.05, 4.69) is 25.3 Å². The lowest BCUT2D eigenvalue weighted by Gasteiger charge is -2.32. The molecule has 0 aliphatic heterocycles. The maximum atomic E-state index is 11.0. The van der Waals surface area contributed by atoms with E-state index in [-0.39, 0.29) is 22.8 Å². The van der Waals surface area contributed by atoms with Crippen LogP contribution in [0.5, 0.6) is 0 Å². The lowest BCUT2D eigenvalue weighted by Crippen LogP contribution is -2.45. The minimum absolute atomic E-state index is 0.0450. The average Bonchev–Trinajstić information content (AvgIpc) is 2.28. The third-order valence-electron chi connectivity index (χ3n) is 2.64. The van der Waals surface area contributed by atoms with Crippen molar-refractivity contribution in [2.75, 3.05) is 39.5 Å². The van der Waals surface area contributed by atoms with E-state index in [1.807, 2.05) is 37.5 Å². The van der Waals surface area contributed by atoms with Crippen LogP contribution in [0.2, 0.25) is 0 Å². The van der Waals surface area contributed by atoms with Gasteiger partial charge in [0.1, 0.15) is 6.73 Å². The molecule has 0 unspecified atom stereocenters. The first-order valence-corrected chi connectivity index (χ1v) is 7.99. The molecule has 0 saturated carbocycles. The van der Waals surface area contributed by atoms with E-state index in [0.29, 0.717) is 32.7 Å². The molecule has 0 aliphatic carbocycles. The summed E-state index contributed by atoms with van der Waals surface area (Å²) in [4.78, 5) is 25.1. The molecule has 0 radical (unpaired) electrons. The number of carboxylic acids is 1. The Balaban J connectivity index is 4.63. The SMILES string of the molecule is CC(C)(S)CN(CCN(CC(=O)O)CC(C)(C)S)COC=O. The predicted octanol–water partition coefficient (Wildman–Crippen LogP) is 1.22. The third-order valence-corrected chi connectivity index (χ3v) is 2.92. The van der Waals surface area contributed by atoms with Gasteiger partial charge in [-0.05, 0) is 27.7 Å². The molecule has 0 bridgehead atoms. The number of carboxylic acid groups (broad SMARTS) is 1. The molecule has 22 heavy (non-hydrogen) atoms. The van der Waals surface area contributed by atoms with Gasteiger partial charge >= 0.3 is 5.97 Å². The monoisotopic (exact) mass is 352 g/mol. The number of thiol groups is 2. The van der Waals surface area contributed by atoms with Crippen molar-refractivity contribution in [3.05, 3.63) is 0 Å². The van der Waals surface area contributed by atoms with Crippen LogP contribution in [0.25, 0.3) is 0 Å². The van der Waals surface area contributed by atoms with Crippen LogP contribution < -0.4 is 0 Å². The van der Waals surface area contributed by atoms with Crippen LogP contribution in [-0.4, -0.2) is 76.3 Å². The smallest absolute Gasteiger partial charge is 0.317 e. The molecular weight excluding hydrogens is 324 g/mol. The fourth-order valence-electron chi connectivity index (χ4n) is 2.11. The highest BCUT2D eigenvalue weighted by Gasteiger charge is 2.22. The Morgan fingerprint density at radius 1 is 1.09 bits per heavy atom. The summed E-state index contributed by atoms with van der Waals surface area (Å²) in [6.07, 6.45) is 0. The number of hydrogen-bond acceptors (Lipinski definition) is 7. The maximum absolute atomic E-state index is 11.0. The van der Waals surface area contributed by atoms with Crippen LogP contribution in [0.3, 0.4) is 0 Å². The highest BCUT2D eigenvalue weighted by Crippen LogP contribution is 2.15. The Morgan fingerprint density at radius 2 is 1.55 bits per heavy atom. The molecule has 0 spiro atoms. The maximum Gasteiger partial charge on any atom is 0.317 e. The largest absolute Gasteiger partial charge is 0.480 e. The number of rotatable bonds is 12. The average molecular weight is 353 g/mol. The molecule has 0 atom stereocenters. The molecule has 6 nitrogen and oxygen atoms in total. The highest BCUT2D eigenvalue weighted by atomic mass is 32.1. The van der Waals surface area contributed by atoms with Gasteiger partial charge in [0.15, 0.2) is 0 Å². The molecule has 0 rings (SSSR count). The van der Waals surface area contributed by atoms with Crippen LogP contribution >= 0.6 is 25.3 Å². The molecule has 0 aliphatic rings. The van der Waals surface area contributed by atoms with Crippen molar-refractivity contribution in [3.8, 4) is 0 Å². The number of ether oxygens (including phenoxy) is 1. The zero-order valence-corrected chi connectivity index (χ0v) is 15.6. The van der Waals surface area contributed by atoms with Gasteiger partial charge in [-0.25, -0.2) is 0 Å². The number of aliphatic carboxylic acids is 1. The molecule has 8 heteroatoms. The van der Waals surface area contributed by atoms with Crippen LogP contribution in [-0.2, 0) is 14.3 Å². The summed E-state index contributed by atoms with van der Waals surface area (Å²) in [6.45, 7) is 10.6. The fourth-order valence-corrected chi connectivity index (χ4v) is 2.51. The second kappa shape index (κ2) is 9.64. The van der Waals surface area contributed by atoms with Gasteiger partial charge in [-0.2, -0.15) is 25.3 Å². The van der Waals surface area contributed by atoms with E-state index in [0.717, 1.165) is 0 Å². The Kier molecular flexibility index (Phi) is 9.45. The minimum atomic E-state index is -0.872. The van der Waals surface area contributed by atoms with Crippen LogP contribution in [0, 0.1) is 0 Å². The summed E-state index contributed by atoms with van der Waals surface area (Å²) in [5.74, 6) is -0.872. The van der Waals surface area contributed by atoms with E-state index in [1.165, 1.54) is 0 Å². The van der Waals surface area contributed by atoms with Crippen molar-refractivity contribution in [2.45, 2.75) is 37.2 Å². The van der Waals surface area contributed by atoms with Gasteiger partial charge in [-0.15, -0.1) is 0 Å². The topological polar surface area (TPSA) is 70.1 Å². The van der Waals surface area contributed by atoms with Crippen molar-refractivity contribution in [1.29, 1.82) is 0 Å². The minimum Gasteiger partial charge on any atom is -0.480 e. The molecule has 0 saturated heterocycles. The van der Waals surface area contributed by atoms with Gasteiger partial charge in [0.05, 0.1) is 6.54 Å². The van der Waals surface area contributed by atoms with Crippen molar-refractivity contribution in [3.63, 3.8) is 0 Å². The summed E-state index contributed by atoms with van der Waals surface area (Å²) in [5.41, 5.74) is 0. The molecule has 0 aromatic heterocycles. The summed E-state index contributed by atoms with van der Waals surface area (Å²) in [6, 6.07) is 0. The summed E-state index contributed by atoms with van der Waals surface area (Å²) in [5, 5.41) is 9.01. The van der Waals surface area contributed by atoms with E-state index >= 15 is 0 Å². The lowest BCUT2D eigenvalue weighted by atomic mass is 10.2. The predicted molar refractivity (Wildman–Crippen MR) is 93.8 cm³/mol. The second-order valence-electron chi connectivity index (χ2n) is 6.67. The lowest BCUT2D eigenvalue weighted by molar-refractivity contribution is -0.138. The number of nitrogens with zero attached hydrogens (tertiary/aromatic N) is 2. The van der Waals surface area contributed by atoms with Crippen molar-refractivity contribution >= 4 is 37.7 Å². The van der Waals surface area contributed by atoms with E-state index in [9.17, 15) is 9.59 Å². The standard InChI is InChI=1S/C14H28N2O4S2/c1-13(2,21)8-15(7-12(18)19)5-6-16(10-20-11-17)9-14(3,4)22/h11,21-22H,5-10H2,1-4H3,(H,18,19). The van der Waals surface area contributed by atoms with Crippen molar-refractivity contribution < 1.29 is 19.4 Å². The molecular formula is C14H28N2O4S2. The van der Waals surface area contributed by atoms with Gasteiger partial charge in [0, 0.05) is 35.7 Å². The van der Waals surface area contributed by atoms with Gasteiger partial charge in [-0.3, -0.25) is 19.4 Å². The van der Waals surface area contributed by atoms with E-state index in [4.69, 9.17) is 9.84 Å². The second-order valence-corrected chi connectivity index (χ2v) is 9.10. The van der Waals surface area contributed by atoms with Gasteiger partial charge in [0.25, 0.3) is 6.47 Å². The van der Waals surface area contributed by atoms with E-state index in [1.54, 1.807) is 0 Å². The highest BCUT2D eigenvalue weighted by molar-refractivity contribution is 7.82. The Labute approximate surface area is 144 Å². The number of hydrogen-bond donors (Lipinski definition) is 3. The van der Waals surface area contributed by atoms with E-state index < -0.39 is 5.97 Å². The molecule has 130 valence electrons. The molecule has 1 N–H and O–H groups in total. The summed E-state index contributed by atoms with van der Waals surface area (Å²) >= 11 is 8.93. The molecule has 0 aromatic rings. The number of carbonyl (C=O) groups excluding carboxylic acids is 1. The zero-order chi connectivity index (χ0) is 17.4. The Hall–Kier alpha value is -0.440. The first kappa shape index (κ1) is 21.6. The quantitative estimate of drug-likeness (QED) is 0.279. The molecule has 0 aromatic carbocycles. The van der Waals surface area contributed by atoms with Gasteiger partial charge in [-0.1, -0.05) is 0 Å². The van der Waals surface area contributed by atoms with Crippen LogP contribution in [0.1, 0.15) is 27.7 Å². The zero-order valence-electron chi connectivity index (χ0n) is 13.8. The van der Waals surface area contributed by atoms with Crippen LogP contribution in [0.15, 0.2) is 0 Å². The first-order valence-electron chi connectivity index (χ1n) is 7.09. The molecule has 0 fully saturated rings. The number of carbonyl (C=O) groups is 2. The third kappa shape index (κ3) is 13.2. The summed E-state index contributed by atoms with van der Waals surface area (Å²) < 4.78 is 4.28. The Morgan fingerprint density at radius 3 is 1.95 bits per heavy atom. The van der Waals surface area contributed by atoms with Crippen molar-refractivity contribution in [1.82, 2.24) is 9.80 Å². The normalized spacial score (nSPS) is 12.7. The van der Waals surface area contributed by atoms with Gasteiger partial charge in [0.2, 0.25) is 0 Å². The molecule has 0 amide bonds. The molecule has 0 heterocycles.